The Bertz CT molecular complexity index is 615. The molecule has 21 heavy (non-hydrogen) atoms. The van der Waals surface area contributed by atoms with Gasteiger partial charge in [-0.25, -0.2) is 0 Å². The standard InChI is InChI=1S/C16H19O2PS2/c1-11-7-5-8-12(2)15(11)17-19(20,21)18-16-13(3)9-6-10-14(16)4/h5-10H,1-4H3,(H,20,21). The highest BCUT2D eigenvalue weighted by molar-refractivity contribution is 8.60. The average Bonchev–Trinajstić information content (AvgIpc) is 2.39. The van der Waals surface area contributed by atoms with Crippen LogP contribution in [0.15, 0.2) is 36.4 Å². The fourth-order valence-corrected chi connectivity index (χ4v) is 4.15. The first-order valence-electron chi connectivity index (χ1n) is 6.64. The molecule has 0 amide bonds. The topological polar surface area (TPSA) is 18.5 Å². The minimum absolute atomic E-state index is 0.766. The Morgan fingerprint density at radius 3 is 1.33 bits per heavy atom. The van der Waals surface area contributed by atoms with Crippen molar-refractivity contribution in [2.75, 3.05) is 0 Å². The summed E-state index contributed by atoms with van der Waals surface area (Å²) in [5, 5.41) is 0. The molecule has 112 valence electrons. The van der Waals surface area contributed by atoms with Crippen molar-refractivity contribution in [1.82, 2.24) is 0 Å². The van der Waals surface area contributed by atoms with E-state index in [0.717, 1.165) is 33.8 Å². The van der Waals surface area contributed by atoms with Crippen LogP contribution in [0.4, 0.5) is 0 Å². The van der Waals surface area contributed by atoms with Crippen molar-refractivity contribution in [2.45, 2.75) is 27.7 Å². The molecule has 0 aliphatic rings. The summed E-state index contributed by atoms with van der Waals surface area (Å²) in [4.78, 5) is 0. The van der Waals surface area contributed by atoms with Crippen LogP contribution in [0.5, 0.6) is 11.5 Å². The second kappa shape index (κ2) is 6.43. The van der Waals surface area contributed by atoms with Crippen molar-refractivity contribution >= 4 is 29.7 Å². The van der Waals surface area contributed by atoms with Gasteiger partial charge >= 0.3 is 5.69 Å². The molecule has 0 saturated carbocycles. The minimum atomic E-state index is -2.72. The molecule has 0 radical (unpaired) electrons. The number of rotatable bonds is 4. The van der Waals surface area contributed by atoms with E-state index in [0.29, 0.717) is 0 Å². The molecule has 0 aromatic heterocycles. The zero-order chi connectivity index (χ0) is 15.6. The van der Waals surface area contributed by atoms with Gasteiger partial charge in [0.25, 0.3) is 0 Å². The Hall–Kier alpha value is -0.960. The monoisotopic (exact) mass is 338 g/mol. The van der Waals surface area contributed by atoms with Gasteiger partial charge in [0.05, 0.1) is 0 Å². The van der Waals surface area contributed by atoms with Crippen LogP contribution in [-0.2, 0) is 11.8 Å². The molecule has 0 heterocycles. The molecule has 0 unspecified atom stereocenters. The highest BCUT2D eigenvalue weighted by Gasteiger charge is 2.21. The lowest BCUT2D eigenvalue weighted by Gasteiger charge is -2.22. The predicted molar refractivity (Wildman–Crippen MR) is 96.4 cm³/mol. The summed E-state index contributed by atoms with van der Waals surface area (Å²) in [6.07, 6.45) is 0. The first-order valence-corrected chi connectivity index (χ1v) is 10.4. The molecule has 0 aliphatic heterocycles. The quantitative estimate of drug-likeness (QED) is 0.584. The second-order valence-corrected chi connectivity index (χ2v) is 10.2. The predicted octanol–water partition coefficient (Wildman–Crippen LogP) is 5.53. The van der Waals surface area contributed by atoms with Crippen molar-refractivity contribution < 1.29 is 9.05 Å². The van der Waals surface area contributed by atoms with Gasteiger partial charge in [-0.1, -0.05) is 48.6 Å². The van der Waals surface area contributed by atoms with Gasteiger partial charge < -0.3 is 9.05 Å². The van der Waals surface area contributed by atoms with Gasteiger partial charge in [0, 0.05) is 0 Å². The maximum Gasteiger partial charge on any atom is 0.345 e. The molecule has 2 aromatic carbocycles. The normalized spacial score (nSPS) is 11.3. The third kappa shape index (κ3) is 4.03. The Morgan fingerprint density at radius 2 is 1.05 bits per heavy atom. The van der Waals surface area contributed by atoms with E-state index in [1.54, 1.807) is 0 Å². The number of benzene rings is 2. The molecule has 0 spiro atoms. The zero-order valence-electron chi connectivity index (χ0n) is 12.6. The van der Waals surface area contributed by atoms with Crippen LogP contribution in [0, 0.1) is 27.7 Å². The third-order valence-electron chi connectivity index (χ3n) is 3.23. The maximum atomic E-state index is 5.95. The summed E-state index contributed by atoms with van der Waals surface area (Å²) in [5.74, 6) is 1.53. The first-order chi connectivity index (χ1) is 9.80. The van der Waals surface area contributed by atoms with E-state index >= 15 is 0 Å². The van der Waals surface area contributed by atoms with Crippen molar-refractivity contribution in [3.05, 3.63) is 58.7 Å². The molecule has 2 rings (SSSR count). The van der Waals surface area contributed by atoms with E-state index in [1.165, 1.54) is 0 Å². The number of aryl methyl sites for hydroxylation is 4. The largest absolute Gasteiger partial charge is 0.428 e. The molecular weight excluding hydrogens is 319 g/mol. The van der Waals surface area contributed by atoms with Gasteiger partial charge in [0.15, 0.2) is 0 Å². The summed E-state index contributed by atoms with van der Waals surface area (Å²) in [5.41, 5.74) is 1.41. The Labute approximate surface area is 136 Å². The molecular formula is C16H19O2PS2. The Balaban J connectivity index is 2.29. The fourth-order valence-electron chi connectivity index (χ4n) is 2.14. The van der Waals surface area contributed by atoms with Gasteiger partial charge in [0.1, 0.15) is 11.5 Å². The Morgan fingerprint density at radius 1 is 0.762 bits per heavy atom. The van der Waals surface area contributed by atoms with Crippen LogP contribution in [0.2, 0.25) is 0 Å². The van der Waals surface area contributed by atoms with Crippen LogP contribution in [0.25, 0.3) is 0 Å². The van der Waals surface area contributed by atoms with E-state index in [4.69, 9.17) is 20.9 Å². The molecule has 0 fully saturated rings. The molecule has 0 bridgehead atoms. The van der Waals surface area contributed by atoms with E-state index in [1.807, 2.05) is 64.1 Å². The lowest BCUT2D eigenvalue weighted by Crippen LogP contribution is -2.00. The maximum absolute atomic E-state index is 5.95. The van der Waals surface area contributed by atoms with Crippen molar-refractivity contribution in [3.8, 4) is 11.5 Å². The third-order valence-corrected chi connectivity index (χ3v) is 4.99. The fraction of sp³-hybridized carbons (Fsp3) is 0.250. The second-order valence-electron chi connectivity index (χ2n) is 5.09. The summed E-state index contributed by atoms with van der Waals surface area (Å²) in [6.45, 7) is 7.96. The molecule has 0 N–H and O–H groups in total. The molecule has 0 atom stereocenters. The van der Waals surface area contributed by atoms with Crippen molar-refractivity contribution in [2.24, 2.45) is 0 Å². The Kier molecular flexibility index (Phi) is 5.03. The molecule has 0 saturated heterocycles. The lowest BCUT2D eigenvalue weighted by atomic mass is 10.1. The highest BCUT2D eigenvalue weighted by atomic mass is 32.9. The zero-order valence-corrected chi connectivity index (χ0v) is 15.2. The summed E-state index contributed by atoms with van der Waals surface area (Å²) in [6, 6.07) is 11.9. The average molecular weight is 338 g/mol. The first kappa shape index (κ1) is 16.4. The van der Waals surface area contributed by atoms with Gasteiger partial charge in [-0.3, -0.25) is 0 Å². The van der Waals surface area contributed by atoms with Gasteiger partial charge in [-0.2, -0.15) is 0 Å². The molecule has 2 nitrogen and oxygen atoms in total. The molecule has 0 aliphatic carbocycles. The van der Waals surface area contributed by atoms with E-state index in [-0.39, 0.29) is 0 Å². The number of para-hydroxylation sites is 2. The molecule has 2 aromatic rings. The van der Waals surface area contributed by atoms with Crippen LogP contribution in [0.1, 0.15) is 22.3 Å². The van der Waals surface area contributed by atoms with Crippen molar-refractivity contribution in [3.63, 3.8) is 0 Å². The van der Waals surface area contributed by atoms with Gasteiger partial charge in [-0.05, 0) is 61.8 Å². The van der Waals surface area contributed by atoms with E-state index < -0.39 is 5.69 Å². The number of hydrogen-bond acceptors (Lipinski definition) is 3. The van der Waals surface area contributed by atoms with E-state index in [9.17, 15) is 0 Å². The van der Waals surface area contributed by atoms with Crippen LogP contribution in [0.3, 0.4) is 0 Å². The summed E-state index contributed by atoms with van der Waals surface area (Å²) >= 11 is 9.96. The summed E-state index contributed by atoms with van der Waals surface area (Å²) < 4.78 is 11.9. The van der Waals surface area contributed by atoms with Gasteiger partial charge in [-0.15, -0.1) is 0 Å². The van der Waals surface area contributed by atoms with Crippen LogP contribution < -0.4 is 9.05 Å². The van der Waals surface area contributed by atoms with Crippen LogP contribution in [-0.4, -0.2) is 0 Å². The van der Waals surface area contributed by atoms with Crippen molar-refractivity contribution in [1.29, 1.82) is 0 Å². The minimum Gasteiger partial charge on any atom is -0.428 e. The number of hydrogen-bond donors (Lipinski definition) is 1. The van der Waals surface area contributed by atoms with Crippen LogP contribution >= 0.6 is 17.9 Å². The smallest absolute Gasteiger partial charge is 0.345 e. The summed E-state index contributed by atoms with van der Waals surface area (Å²) in [7, 11) is 0. The van der Waals surface area contributed by atoms with Gasteiger partial charge in [0.2, 0.25) is 0 Å². The number of thiol groups is 1. The lowest BCUT2D eigenvalue weighted by molar-refractivity contribution is 0.498. The highest BCUT2D eigenvalue weighted by Crippen LogP contribution is 2.55. The van der Waals surface area contributed by atoms with E-state index in [2.05, 4.69) is 12.2 Å². The SMILES string of the molecule is Cc1cccc(C)c1OP(=S)(S)Oc1c(C)cccc1C. The molecule has 5 heteroatoms.